The van der Waals surface area contributed by atoms with Crippen LogP contribution in [0.1, 0.15) is 25.7 Å². The summed E-state index contributed by atoms with van der Waals surface area (Å²) < 4.78 is 22.8. The van der Waals surface area contributed by atoms with Gasteiger partial charge in [0.25, 0.3) is 11.3 Å². The zero-order valence-electron chi connectivity index (χ0n) is 17.8. The summed E-state index contributed by atoms with van der Waals surface area (Å²) in [4.78, 5) is 27.4. The summed E-state index contributed by atoms with van der Waals surface area (Å²) in [5.41, 5.74) is 2.13. The maximum absolute atomic E-state index is 12.5. The Morgan fingerprint density at radius 3 is 2.50 bits per heavy atom. The zero-order valence-corrected chi connectivity index (χ0v) is 18.6. The van der Waals surface area contributed by atoms with Gasteiger partial charge in [-0.15, -0.1) is 0 Å². The second kappa shape index (κ2) is 10.1. The van der Waals surface area contributed by atoms with Crippen LogP contribution in [0.2, 0.25) is 0 Å². The first kappa shape index (κ1) is 22.3. The molecule has 3 N–H and O–H groups in total. The van der Waals surface area contributed by atoms with E-state index in [2.05, 4.69) is 39.8 Å². The van der Waals surface area contributed by atoms with Crippen molar-refractivity contribution in [2.75, 3.05) is 34.2 Å². The number of para-hydroxylation sites is 3. The van der Waals surface area contributed by atoms with Crippen LogP contribution in [-0.4, -0.2) is 46.3 Å². The van der Waals surface area contributed by atoms with Crippen molar-refractivity contribution in [2.24, 2.45) is 5.92 Å². The molecule has 32 heavy (non-hydrogen) atoms. The molecule has 1 saturated heterocycles. The van der Waals surface area contributed by atoms with E-state index in [1.807, 2.05) is 6.07 Å². The molecule has 2 amide bonds. The topological polar surface area (TPSA) is 102 Å². The Labute approximate surface area is 190 Å². The fourth-order valence-electron chi connectivity index (χ4n) is 4.41. The molecule has 170 valence electrons. The van der Waals surface area contributed by atoms with Gasteiger partial charge in [-0.05, 0) is 49.4 Å². The molecule has 0 bridgehead atoms. The third kappa shape index (κ3) is 5.11. The van der Waals surface area contributed by atoms with Crippen LogP contribution in [0, 0.1) is 5.92 Å². The van der Waals surface area contributed by atoms with Gasteiger partial charge < -0.3 is 15.5 Å². The minimum absolute atomic E-state index is 0.182. The van der Waals surface area contributed by atoms with E-state index in [0.29, 0.717) is 23.8 Å². The van der Waals surface area contributed by atoms with Gasteiger partial charge in [-0.3, -0.25) is 18.4 Å². The van der Waals surface area contributed by atoms with Crippen LogP contribution >= 0.6 is 0 Å². The first-order valence-corrected chi connectivity index (χ1v) is 12.0. The molecule has 0 aliphatic carbocycles. The van der Waals surface area contributed by atoms with E-state index in [0.717, 1.165) is 36.7 Å². The Kier molecular flexibility index (Phi) is 7.06. The van der Waals surface area contributed by atoms with Crippen LogP contribution in [-0.2, 0) is 20.9 Å². The maximum Gasteiger partial charge on any atom is 0.262 e. The summed E-state index contributed by atoms with van der Waals surface area (Å²) in [6.07, 6.45) is 2.84. The zero-order chi connectivity index (χ0) is 22.5. The van der Waals surface area contributed by atoms with Crippen LogP contribution in [0.4, 0.5) is 17.1 Å². The van der Waals surface area contributed by atoms with E-state index in [9.17, 15) is 18.4 Å². The lowest BCUT2D eigenvalue weighted by molar-refractivity contribution is -0.125. The van der Waals surface area contributed by atoms with Crippen molar-refractivity contribution in [3.05, 3.63) is 54.6 Å². The van der Waals surface area contributed by atoms with Crippen LogP contribution in [0.15, 0.2) is 54.6 Å². The van der Waals surface area contributed by atoms with Crippen molar-refractivity contribution in [1.82, 2.24) is 5.32 Å². The number of fused-ring (bicyclic) bond motifs is 1. The minimum atomic E-state index is -2.42. The number of carbonyl (C=O) groups is 2. The molecule has 8 nitrogen and oxygen atoms in total. The Morgan fingerprint density at radius 1 is 1.09 bits per heavy atom. The molecule has 0 radical (unpaired) electrons. The molecule has 2 unspecified atom stereocenters. The predicted octanol–water partition coefficient (Wildman–Crippen LogP) is 2.76. The van der Waals surface area contributed by atoms with Gasteiger partial charge in [-0.2, -0.15) is 0 Å². The largest absolute Gasteiger partial charge is 0.372 e. The number of nitrogens with zero attached hydrogens (tertiary/aromatic N) is 2. The fourth-order valence-corrected chi connectivity index (χ4v) is 5.13. The van der Waals surface area contributed by atoms with E-state index in [1.54, 1.807) is 24.3 Å². The van der Waals surface area contributed by atoms with E-state index >= 15 is 0 Å². The number of benzene rings is 2. The van der Waals surface area contributed by atoms with E-state index < -0.39 is 23.2 Å². The normalized spacial score (nSPS) is 19.8. The van der Waals surface area contributed by atoms with Crippen molar-refractivity contribution < 1.29 is 18.4 Å². The van der Waals surface area contributed by atoms with Crippen molar-refractivity contribution in [2.45, 2.75) is 31.7 Å². The number of nitrogens with one attached hydrogen (secondary N) is 2. The van der Waals surface area contributed by atoms with Gasteiger partial charge in [0, 0.05) is 25.3 Å². The number of hydrogen-bond donors (Lipinski definition) is 3. The summed E-state index contributed by atoms with van der Waals surface area (Å²) in [7, 11) is 0. The molecule has 1 fully saturated rings. The number of piperidine rings is 1. The van der Waals surface area contributed by atoms with Gasteiger partial charge in [-0.1, -0.05) is 30.3 Å². The third-order valence-electron chi connectivity index (χ3n) is 6.14. The lowest BCUT2D eigenvalue weighted by Gasteiger charge is -2.34. The van der Waals surface area contributed by atoms with Gasteiger partial charge in [0.15, 0.2) is 0 Å². The number of anilines is 3. The average molecular weight is 457 g/mol. The van der Waals surface area contributed by atoms with Crippen LogP contribution < -0.4 is 19.8 Å². The molecule has 4 rings (SSSR count). The molecule has 0 spiro atoms. The van der Waals surface area contributed by atoms with E-state index in [-0.39, 0.29) is 12.3 Å². The van der Waals surface area contributed by atoms with Crippen LogP contribution in [0.5, 0.6) is 0 Å². The molecule has 2 aliphatic rings. The molecule has 2 aromatic rings. The smallest absolute Gasteiger partial charge is 0.262 e. The van der Waals surface area contributed by atoms with Gasteiger partial charge in [0.05, 0.1) is 17.8 Å². The van der Waals surface area contributed by atoms with E-state index in [1.165, 1.54) is 5.69 Å². The number of hydrogen-bond acceptors (Lipinski definition) is 4. The van der Waals surface area contributed by atoms with Gasteiger partial charge in [0.1, 0.15) is 6.04 Å². The highest BCUT2D eigenvalue weighted by Gasteiger charge is 2.37. The summed E-state index contributed by atoms with van der Waals surface area (Å²) in [5.74, 6) is -0.224. The van der Waals surface area contributed by atoms with Crippen LogP contribution in [0.3, 0.4) is 0 Å². The minimum Gasteiger partial charge on any atom is -0.372 e. The second-order valence-electron chi connectivity index (χ2n) is 8.19. The number of amides is 2. The van der Waals surface area contributed by atoms with Gasteiger partial charge >= 0.3 is 0 Å². The summed E-state index contributed by atoms with van der Waals surface area (Å²) in [6.45, 7) is 2.53. The predicted molar refractivity (Wildman–Crippen MR) is 126 cm³/mol. The highest BCUT2D eigenvalue weighted by atomic mass is 32.2. The van der Waals surface area contributed by atoms with Crippen LogP contribution in [0.25, 0.3) is 0 Å². The monoisotopic (exact) mass is 456 g/mol. The van der Waals surface area contributed by atoms with Crippen molar-refractivity contribution in [3.8, 4) is 0 Å². The lowest BCUT2D eigenvalue weighted by Crippen LogP contribution is -2.51. The summed E-state index contributed by atoms with van der Waals surface area (Å²) >= 11 is -2.42. The quantitative estimate of drug-likeness (QED) is 0.556. The summed E-state index contributed by atoms with van der Waals surface area (Å²) in [5, 5.41) is 5.60. The van der Waals surface area contributed by atoms with Gasteiger partial charge in [0.2, 0.25) is 11.8 Å². The molecule has 9 heteroatoms. The maximum atomic E-state index is 12.5. The molecule has 2 aliphatic heterocycles. The molecule has 2 atom stereocenters. The molecule has 0 aromatic heterocycles. The Balaban J connectivity index is 1.25. The van der Waals surface area contributed by atoms with Crippen molar-refractivity contribution >= 4 is 40.1 Å². The highest BCUT2D eigenvalue weighted by Crippen LogP contribution is 2.33. The van der Waals surface area contributed by atoms with Gasteiger partial charge in [-0.25, -0.2) is 4.21 Å². The highest BCUT2D eigenvalue weighted by molar-refractivity contribution is 7.80. The SMILES string of the molecule is O=C(CC1C(=O)Nc2ccccc2N1S(=O)O)NCCC1CCN(c2ccccc2)CC1. The molecule has 2 heterocycles. The molecular formula is C23H28N4O4S. The fraction of sp³-hybridized carbons (Fsp3) is 0.391. The second-order valence-corrected chi connectivity index (χ2v) is 9.04. The Bertz CT molecular complexity index is 979. The number of carbonyl (C=O) groups excluding carboxylic acids is 2. The Morgan fingerprint density at radius 2 is 1.78 bits per heavy atom. The molecule has 2 aromatic carbocycles. The average Bonchev–Trinajstić information content (AvgIpc) is 2.80. The summed E-state index contributed by atoms with van der Waals surface area (Å²) in [6, 6.07) is 16.1. The van der Waals surface area contributed by atoms with Crippen molar-refractivity contribution in [3.63, 3.8) is 0 Å². The molecule has 0 saturated carbocycles. The first-order valence-electron chi connectivity index (χ1n) is 10.9. The molecular weight excluding hydrogens is 428 g/mol. The number of rotatable bonds is 7. The first-order chi connectivity index (χ1) is 15.5. The van der Waals surface area contributed by atoms with E-state index in [4.69, 9.17) is 0 Å². The third-order valence-corrected chi connectivity index (χ3v) is 6.93. The Hall–Kier alpha value is -2.91. The van der Waals surface area contributed by atoms with Crippen molar-refractivity contribution in [1.29, 1.82) is 0 Å². The lowest BCUT2D eigenvalue weighted by atomic mass is 9.93. The standard InChI is InChI=1S/C23H28N4O4S/c28-22(16-21-23(29)25-19-8-4-5-9-20(19)27(21)32(30)31)24-13-10-17-11-14-26(15-12-17)18-6-2-1-3-7-18/h1-9,17,21H,10-16H2,(H,24,28)(H,25,29)(H,30,31).